The first-order chi connectivity index (χ1) is 12.1. The normalized spacial score (nSPS) is 10.4. The number of ether oxygens (including phenoxy) is 2. The highest BCUT2D eigenvalue weighted by Gasteiger charge is 2.10. The van der Waals surface area contributed by atoms with Gasteiger partial charge in [-0.3, -0.25) is 4.79 Å². The Morgan fingerprint density at radius 3 is 2.64 bits per heavy atom. The Labute approximate surface area is 155 Å². The number of hydrogen-bond acceptors (Lipinski definition) is 4. The summed E-state index contributed by atoms with van der Waals surface area (Å²) in [6, 6.07) is 12.9. The smallest absolute Gasteiger partial charge is 0.262 e. The third-order valence-electron chi connectivity index (χ3n) is 3.43. The number of carbonyl (C=O) groups excluding carboxylic acids is 1. The van der Waals surface area contributed by atoms with Crippen LogP contribution in [0.1, 0.15) is 5.56 Å². The molecule has 1 amide bonds. The molecule has 0 unspecified atom stereocenters. The number of nitrogens with one attached hydrogen (secondary N) is 1. The van der Waals surface area contributed by atoms with Crippen LogP contribution in [0.2, 0.25) is 0 Å². The Hall–Kier alpha value is -2.09. The summed E-state index contributed by atoms with van der Waals surface area (Å²) in [7, 11) is 1.56. The highest BCUT2D eigenvalue weighted by molar-refractivity contribution is 9.10. The van der Waals surface area contributed by atoms with E-state index in [0.717, 1.165) is 16.6 Å². The Kier molecular flexibility index (Phi) is 7.72. The molecule has 0 aliphatic heterocycles. The van der Waals surface area contributed by atoms with Crippen LogP contribution in [0.3, 0.4) is 0 Å². The minimum atomic E-state index is -0.246. The molecule has 0 radical (unpaired) electrons. The molecular weight excluding hydrogens is 388 g/mol. The molecule has 0 saturated carbocycles. The molecule has 2 aromatic rings. The van der Waals surface area contributed by atoms with Crippen molar-refractivity contribution < 1.29 is 24.7 Å². The molecule has 25 heavy (non-hydrogen) atoms. The first kappa shape index (κ1) is 19.2. The Balaban J connectivity index is 1.90. The number of nitrogens with two attached hydrogens (primary N) is 1. The topological polar surface area (TPSA) is 84.4 Å². The van der Waals surface area contributed by atoms with Gasteiger partial charge in [0.15, 0.2) is 18.1 Å². The van der Waals surface area contributed by atoms with Crippen molar-refractivity contribution in [3.05, 3.63) is 52.5 Å². The molecule has 4 N–H and O–H groups in total. The summed E-state index contributed by atoms with van der Waals surface area (Å²) in [6.45, 7) is 1.42. The van der Waals surface area contributed by atoms with Crippen LogP contribution in [0.25, 0.3) is 0 Å². The van der Waals surface area contributed by atoms with Crippen LogP contribution in [-0.4, -0.2) is 37.9 Å². The molecule has 134 valence electrons. The SMILES string of the molecule is COc1cc(C[NH2+]CCO)ccc1OCC(=O)Nc1ccc(Br)cc1. The zero-order chi connectivity index (χ0) is 18.1. The lowest BCUT2D eigenvalue weighted by molar-refractivity contribution is -0.671. The van der Waals surface area contributed by atoms with Crippen molar-refractivity contribution in [1.29, 1.82) is 0 Å². The van der Waals surface area contributed by atoms with Gasteiger partial charge in [-0.05, 0) is 42.5 Å². The van der Waals surface area contributed by atoms with Gasteiger partial charge in [-0.15, -0.1) is 0 Å². The summed E-state index contributed by atoms with van der Waals surface area (Å²) in [5.41, 5.74) is 1.76. The van der Waals surface area contributed by atoms with Crippen molar-refractivity contribution in [3.63, 3.8) is 0 Å². The number of amides is 1. The minimum absolute atomic E-state index is 0.109. The van der Waals surface area contributed by atoms with Gasteiger partial charge in [0.25, 0.3) is 5.91 Å². The molecule has 0 spiro atoms. The molecular formula is C18H22BrN2O4+. The van der Waals surface area contributed by atoms with Gasteiger partial charge in [-0.2, -0.15) is 0 Å². The predicted molar refractivity (Wildman–Crippen MR) is 98.8 cm³/mol. The quantitative estimate of drug-likeness (QED) is 0.548. The van der Waals surface area contributed by atoms with Crippen molar-refractivity contribution in [1.82, 2.24) is 0 Å². The molecule has 0 atom stereocenters. The number of aliphatic hydroxyl groups excluding tert-OH is 1. The van der Waals surface area contributed by atoms with Crippen LogP contribution in [0.15, 0.2) is 46.9 Å². The summed E-state index contributed by atoms with van der Waals surface area (Å²) in [5.74, 6) is 0.843. The van der Waals surface area contributed by atoms with Crippen molar-refractivity contribution in [2.24, 2.45) is 0 Å². The number of halogens is 1. The lowest BCUT2D eigenvalue weighted by Crippen LogP contribution is -2.83. The summed E-state index contributed by atoms with van der Waals surface area (Å²) >= 11 is 3.35. The van der Waals surface area contributed by atoms with E-state index in [1.54, 1.807) is 25.3 Å². The largest absolute Gasteiger partial charge is 0.493 e. The molecule has 7 heteroatoms. The maximum absolute atomic E-state index is 12.0. The molecule has 2 rings (SSSR count). The molecule has 0 aromatic heterocycles. The zero-order valence-electron chi connectivity index (χ0n) is 14.0. The monoisotopic (exact) mass is 409 g/mol. The van der Waals surface area contributed by atoms with Crippen LogP contribution in [0.5, 0.6) is 11.5 Å². The molecule has 0 heterocycles. The maximum Gasteiger partial charge on any atom is 0.262 e. The van der Waals surface area contributed by atoms with E-state index < -0.39 is 0 Å². The summed E-state index contributed by atoms with van der Waals surface area (Å²) in [5, 5.41) is 13.6. The van der Waals surface area contributed by atoms with Gasteiger partial charge >= 0.3 is 0 Å². The van der Waals surface area contributed by atoms with Crippen LogP contribution < -0.4 is 20.1 Å². The van der Waals surface area contributed by atoms with E-state index in [1.807, 2.05) is 29.6 Å². The highest BCUT2D eigenvalue weighted by Crippen LogP contribution is 2.27. The second-order valence-corrected chi connectivity index (χ2v) is 6.25. The van der Waals surface area contributed by atoms with E-state index in [9.17, 15) is 4.79 Å². The van der Waals surface area contributed by atoms with E-state index in [0.29, 0.717) is 23.7 Å². The van der Waals surface area contributed by atoms with Gasteiger partial charge in [-0.1, -0.05) is 15.9 Å². The molecule has 0 aliphatic rings. The molecule has 2 aromatic carbocycles. The fourth-order valence-electron chi connectivity index (χ4n) is 2.19. The standard InChI is InChI=1S/C18H21BrN2O4/c1-24-17-10-13(11-20-8-9-22)2-7-16(17)25-12-18(23)21-15-5-3-14(19)4-6-15/h2-7,10,20,22H,8-9,11-12H2,1H3,(H,21,23)/p+1. The predicted octanol–water partition coefficient (Wildman–Crippen LogP) is 1.53. The Morgan fingerprint density at radius 2 is 1.96 bits per heavy atom. The zero-order valence-corrected chi connectivity index (χ0v) is 15.6. The fraction of sp³-hybridized carbons (Fsp3) is 0.278. The minimum Gasteiger partial charge on any atom is -0.493 e. The number of anilines is 1. The second-order valence-electron chi connectivity index (χ2n) is 5.33. The van der Waals surface area contributed by atoms with Crippen LogP contribution in [0.4, 0.5) is 5.69 Å². The molecule has 0 saturated heterocycles. The van der Waals surface area contributed by atoms with E-state index in [2.05, 4.69) is 21.2 Å². The average Bonchev–Trinajstić information content (AvgIpc) is 2.62. The van der Waals surface area contributed by atoms with Crippen molar-refractivity contribution in [2.75, 3.05) is 32.2 Å². The fourth-order valence-corrected chi connectivity index (χ4v) is 2.46. The number of aliphatic hydroxyl groups is 1. The Morgan fingerprint density at radius 1 is 1.20 bits per heavy atom. The van der Waals surface area contributed by atoms with Crippen molar-refractivity contribution in [2.45, 2.75) is 6.54 Å². The third kappa shape index (κ3) is 6.38. The first-order valence-corrected chi connectivity index (χ1v) is 8.69. The van der Waals surface area contributed by atoms with Gasteiger partial charge in [0, 0.05) is 15.7 Å². The van der Waals surface area contributed by atoms with Gasteiger partial charge in [0.05, 0.1) is 20.3 Å². The van der Waals surface area contributed by atoms with Crippen molar-refractivity contribution >= 4 is 27.5 Å². The van der Waals surface area contributed by atoms with Gasteiger partial charge < -0.3 is 25.2 Å². The van der Waals surface area contributed by atoms with E-state index in [-0.39, 0.29) is 19.1 Å². The van der Waals surface area contributed by atoms with E-state index in [1.165, 1.54) is 0 Å². The van der Waals surface area contributed by atoms with Crippen LogP contribution >= 0.6 is 15.9 Å². The highest BCUT2D eigenvalue weighted by atomic mass is 79.9. The second kappa shape index (κ2) is 10.0. The lowest BCUT2D eigenvalue weighted by Gasteiger charge is -2.12. The van der Waals surface area contributed by atoms with E-state index >= 15 is 0 Å². The lowest BCUT2D eigenvalue weighted by atomic mass is 10.2. The van der Waals surface area contributed by atoms with Crippen molar-refractivity contribution in [3.8, 4) is 11.5 Å². The van der Waals surface area contributed by atoms with Crippen LogP contribution in [0, 0.1) is 0 Å². The van der Waals surface area contributed by atoms with Crippen LogP contribution in [-0.2, 0) is 11.3 Å². The number of benzene rings is 2. The molecule has 0 aliphatic carbocycles. The number of carbonyl (C=O) groups is 1. The molecule has 0 fully saturated rings. The van der Waals surface area contributed by atoms with Gasteiger partial charge in [0.1, 0.15) is 6.54 Å². The summed E-state index contributed by atoms with van der Waals surface area (Å²) in [6.07, 6.45) is 0. The van der Waals surface area contributed by atoms with E-state index in [4.69, 9.17) is 14.6 Å². The summed E-state index contributed by atoms with van der Waals surface area (Å²) in [4.78, 5) is 12.0. The number of quaternary nitrogens is 1. The number of methoxy groups -OCH3 is 1. The Bertz CT molecular complexity index is 692. The molecule has 6 nitrogen and oxygen atoms in total. The number of rotatable bonds is 9. The summed E-state index contributed by atoms with van der Waals surface area (Å²) < 4.78 is 11.8. The first-order valence-electron chi connectivity index (χ1n) is 7.90. The van der Waals surface area contributed by atoms with Gasteiger partial charge in [0.2, 0.25) is 0 Å². The average molecular weight is 410 g/mol. The molecule has 0 bridgehead atoms. The number of hydrogen-bond donors (Lipinski definition) is 3. The van der Waals surface area contributed by atoms with Gasteiger partial charge in [-0.25, -0.2) is 0 Å². The maximum atomic E-state index is 12.0. The third-order valence-corrected chi connectivity index (χ3v) is 3.96.